The lowest BCUT2D eigenvalue weighted by Gasteiger charge is -2.11. The smallest absolute Gasteiger partial charge is 0.313 e. The lowest BCUT2D eigenvalue weighted by atomic mass is 10.0. The highest BCUT2D eigenvalue weighted by atomic mass is 16.5. The van der Waals surface area contributed by atoms with Crippen molar-refractivity contribution in [2.45, 2.75) is 26.8 Å². The number of aromatic nitrogens is 2. The van der Waals surface area contributed by atoms with Crippen molar-refractivity contribution in [1.82, 2.24) is 9.78 Å². The second-order valence-corrected chi connectivity index (χ2v) is 3.77. The Bertz CT molecular complexity index is 384. The summed E-state index contributed by atoms with van der Waals surface area (Å²) in [5.74, 6) is -0.853. The first-order valence-corrected chi connectivity index (χ1v) is 5.12. The van der Waals surface area contributed by atoms with Crippen LogP contribution in [-0.2, 0) is 20.9 Å². The number of hydrogen-bond acceptors (Lipinski definition) is 4. The van der Waals surface area contributed by atoms with Crippen LogP contribution in [0.25, 0.3) is 0 Å². The number of ketones is 1. The lowest BCUT2D eigenvalue weighted by Crippen LogP contribution is -2.21. The van der Waals surface area contributed by atoms with E-state index in [1.165, 1.54) is 7.11 Å². The maximum absolute atomic E-state index is 11.6. The molecular weight excluding hydrogens is 208 g/mol. The molecule has 0 fully saturated rings. The molecule has 88 valence electrons. The van der Waals surface area contributed by atoms with Crippen molar-refractivity contribution in [3.8, 4) is 0 Å². The molecule has 1 aromatic heterocycles. The average molecular weight is 224 g/mol. The lowest BCUT2D eigenvalue weighted by molar-refractivity contribution is -0.144. The zero-order chi connectivity index (χ0) is 12.1. The second kappa shape index (κ2) is 5.44. The third-order valence-electron chi connectivity index (χ3n) is 2.47. The fourth-order valence-corrected chi connectivity index (χ4v) is 1.34. The number of methoxy groups -OCH3 is 1. The summed E-state index contributed by atoms with van der Waals surface area (Å²) in [6.07, 6.45) is 1.52. The van der Waals surface area contributed by atoms with Crippen LogP contribution in [0.1, 0.15) is 19.0 Å². The summed E-state index contributed by atoms with van der Waals surface area (Å²) < 4.78 is 6.20. The molecule has 0 aliphatic rings. The molecule has 1 heterocycles. The highest BCUT2D eigenvalue weighted by molar-refractivity contribution is 5.96. The monoisotopic (exact) mass is 224 g/mol. The van der Waals surface area contributed by atoms with Gasteiger partial charge in [0.05, 0.1) is 13.7 Å². The molecule has 16 heavy (non-hydrogen) atoms. The Balaban J connectivity index is 2.52. The molecule has 5 heteroatoms. The van der Waals surface area contributed by atoms with Crippen LogP contribution in [0.2, 0.25) is 0 Å². The van der Waals surface area contributed by atoms with Crippen LogP contribution in [0.4, 0.5) is 0 Å². The van der Waals surface area contributed by atoms with Crippen LogP contribution in [0.5, 0.6) is 0 Å². The molecule has 0 unspecified atom stereocenters. The molecule has 1 atom stereocenters. The van der Waals surface area contributed by atoms with Crippen LogP contribution in [0, 0.1) is 12.8 Å². The maximum atomic E-state index is 11.6. The quantitative estimate of drug-likeness (QED) is 0.552. The van der Waals surface area contributed by atoms with Gasteiger partial charge in [-0.3, -0.25) is 14.3 Å². The van der Waals surface area contributed by atoms with Crippen molar-refractivity contribution in [2.75, 3.05) is 7.11 Å². The summed E-state index contributed by atoms with van der Waals surface area (Å²) in [5.41, 5.74) is 0.998. The van der Waals surface area contributed by atoms with Crippen LogP contribution >= 0.6 is 0 Å². The number of carbonyl (C=O) groups excluding carboxylic acids is 2. The van der Waals surface area contributed by atoms with Gasteiger partial charge in [0.25, 0.3) is 0 Å². The molecular formula is C11H16N2O3. The van der Waals surface area contributed by atoms with Gasteiger partial charge in [-0.05, 0) is 13.0 Å². The summed E-state index contributed by atoms with van der Waals surface area (Å²) in [7, 11) is 1.28. The van der Waals surface area contributed by atoms with Crippen molar-refractivity contribution in [3.05, 3.63) is 18.0 Å². The van der Waals surface area contributed by atoms with Crippen LogP contribution in [0.3, 0.4) is 0 Å². The Hall–Kier alpha value is -1.65. The Kier molecular flexibility index (Phi) is 4.22. The molecule has 1 rings (SSSR count). The average Bonchev–Trinajstić information content (AvgIpc) is 2.64. The largest absolute Gasteiger partial charge is 0.469 e. The molecule has 0 aromatic carbocycles. The zero-order valence-corrected chi connectivity index (χ0v) is 9.77. The Morgan fingerprint density at radius 2 is 2.25 bits per heavy atom. The highest BCUT2D eigenvalue weighted by Crippen LogP contribution is 2.07. The normalized spacial score (nSPS) is 12.2. The van der Waals surface area contributed by atoms with Crippen LogP contribution in [0.15, 0.2) is 12.3 Å². The number of hydrogen-bond donors (Lipinski definition) is 0. The topological polar surface area (TPSA) is 61.2 Å². The van der Waals surface area contributed by atoms with E-state index in [2.05, 4.69) is 9.84 Å². The molecule has 0 N–H and O–H groups in total. The molecule has 0 spiro atoms. The van der Waals surface area contributed by atoms with Crippen molar-refractivity contribution in [1.29, 1.82) is 0 Å². The van der Waals surface area contributed by atoms with Crippen molar-refractivity contribution >= 4 is 11.8 Å². The van der Waals surface area contributed by atoms with E-state index in [-0.39, 0.29) is 18.1 Å². The third kappa shape index (κ3) is 3.18. The molecule has 0 aliphatic heterocycles. The number of nitrogens with zero attached hydrogens (tertiary/aromatic N) is 2. The standard InChI is InChI=1S/C11H16N2O3/c1-8(10(14)6-11(15)16-3)7-13-9(2)4-5-12-13/h4-5,8H,6-7H2,1-3H3/t8-/m1/s1. The third-order valence-corrected chi connectivity index (χ3v) is 2.47. The number of carbonyl (C=O) groups is 2. The second-order valence-electron chi connectivity index (χ2n) is 3.77. The molecule has 0 amide bonds. The van der Waals surface area contributed by atoms with Gasteiger partial charge >= 0.3 is 5.97 Å². The number of ether oxygens (including phenoxy) is 1. The summed E-state index contributed by atoms with van der Waals surface area (Å²) in [6.45, 7) is 4.20. The van der Waals surface area contributed by atoms with E-state index in [4.69, 9.17) is 0 Å². The first-order valence-electron chi connectivity index (χ1n) is 5.12. The molecule has 0 saturated carbocycles. The fraction of sp³-hybridized carbons (Fsp3) is 0.545. The molecule has 0 bridgehead atoms. The number of esters is 1. The van der Waals surface area contributed by atoms with Gasteiger partial charge in [0.2, 0.25) is 0 Å². The van der Waals surface area contributed by atoms with E-state index in [0.29, 0.717) is 6.54 Å². The predicted octanol–water partition coefficient (Wildman–Crippen LogP) is 0.960. The van der Waals surface area contributed by atoms with E-state index in [1.54, 1.807) is 17.8 Å². The number of Topliss-reactive ketones (excluding diaryl/α,β-unsaturated/α-hetero) is 1. The molecule has 0 saturated heterocycles. The van der Waals surface area contributed by atoms with Gasteiger partial charge in [0.1, 0.15) is 12.2 Å². The minimum Gasteiger partial charge on any atom is -0.469 e. The van der Waals surface area contributed by atoms with Crippen molar-refractivity contribution in [3.63, 3.8) is 0 Å². The minimum absolute atomic E-state index is 0.123. The van der Waals surface area contributed by atoms with E-state index in [1.807, 2.05) is 13.0 Å². The van der Waals surface area contributed by atoms with Gasteiger partial charge in [0.15, 0.2) is 0 Å². The number of aryl methyl sites for hydroxylation is 1. The first-order chi connectivity index (χ1) is 7.54. The van der Waals surface area contributed by atoms with Gasteiger partial charge in [0, 0.05) is 17.8 Å². The molecule has 5 nitrogen and oxygen atoms in total. The van der Waals surface area contributed by atoms with Gasteiger partial charge in [-0.25, -0.2) is 0 Å². The SMILES string of the molecule is COC(=O)CC(=O)[C@H](C)Cn1nccc1C. The minimum atomic E-state index is -0.492. The summed E-state index contributed by atoms with van der Waals surface area (Å²) in [6, 6.07) is 1.87. The number of rotatable bonds is 5. The van der Waals surface area contributed by atoms with Gasteiger partial charge in [-0.15, -0.1) is 0 Å². The maximum Gasteiger partial charge on any atom is 0.313 e. The van der Waals surface area contributed by atoms with Gasteiger partial charge in [-0.1, -0.05) is 6.92 Å². The zero-order valence-electron chi connectivity index (χ0n) is 9.77. The van der Waals surface area contributed by atoms with Crippen molar-refractivity contribution in [2.24, 2.45) is 5.92 Å². The summed E-state index contributed by atoms with van der Waals surface area (Å²) >= 11 is 0. The highest BCUT2D eigenvalue weighted by Gasteiger charge is 2.18. The first kappa shape index (κ1) is 12.4. The van der Waals surface area contributed by atoms with Gasteiger partial charge < -0.3 is 4.74 Å². The predicted molar refractivity (Wildman–Crippen MR) is 57.8 cm³/mol. The Morgan fingerprint density at radius 3 is 2.75 bits per heavy atom. The molecule has 0 radical (unpaired) electrons. The van der Waals surface area contributed by atoms with Crippen molar-refractivity contribution < 1.29 is 14.3 Å². The molecule has 1 aromatic rings. The van der Waals surface area contributed by atoms with E-state index in [9.17, 15) is 9.59 Å². The van der Waals surface area contributed by atoms with Crippen LogP contribution < -0.4 is 0 Å². The Labute approximate surface area is 94.4 Å². The van der Waals surface area contributed by atoms with Crippen LogP contribution in [-0.4, -0.2) is 28.6 Å². The van der Waals surface area contributed by atoms with E-state index >= 15 is 0 Å². The summed E-state index contributed by atoms with van der Waals surface area (Å²) in [5, 5.41) is 4.09. The van der Waals surface area contributed by atoms with Gasteiger partial charge in [-0.2, -0.15) is 5.10 Å². The Morgan fingerprint density at radius 1 is 1.56 bits per heavy atom. The fourth-order valence-electron chi connectivity index (χ4n) is 1.34. The van der Waals surface area contributed by atoms with E-state index in [0.717, 1.165) is 5.69 Å². The summed E-state index contributed by atoms with van der Waals surface area (Å²) in [4.78, 5) is 22.5. The molecule has 0 aliphatic carbocycles. The van der Waals surface area contributed by atoms with E-state index < -0.39 is 5.97 Å².